The fraction of sp³-hybridized carbons (Fsp3) is 0.125. The standard InChI is InChI=1S/C16H13F3N2O3/c1-8(24-16(23)9-2-4-10(20)5-3-9)15(22)21-12-7-6-11(17)13(18)14(12)19/h2-8H,20H2,1H3,(H,21,22)/t8-/m1/s1. The van der Waals surface area contributed by atoms with Crippen LogP contribution in [0.2, 0.25) is 0 Å². The highest BCUT2D eigenvalue weighted by molar-refractivity contribution is 5.97. The predicted molar refractivity (Wildman–Crippen MR) is 80.7 cm³/mol. The number of ether oxygens (including phenoxy) is 1. The van der Waals surface area contributed by atoms with Gasteiger partial charge in [-0.05, 0) is 43.3 Å². The van der Waals surface area contributed by atoms with E-state index in [4.69, 9.17) is 10.5 Å². The summed E-state index contributed by atoms with van der Waals surface area (Å²) in [5.74, 6) is -6.32. The second kappa shape index (κ2) is 7.03. The van der Waals surface area contributed by atoms with Crippen LogP contribution in [-0.4, -0.2) is 18.0 Å². The van der Waals surface area contributed by atoms with Gasteiger partial charge in [-0.2, -0.15) is 0 Å². The lowest BCUT2D eigenvalue weighted by Crippen LogP contribution is -2.30. The molecule has 0 saturated carbocycles. The molecule has 2 rings (SSSR count). The van der Waals surface area contributed by atoms with E-state index in [1.54, 1.807) is 0 Å². The zero-order valence-electron chi connectivity index (χ0n) is 12.5. The largest absolute Gasteiger partial charge is 0.449 e. The first-order chi connectivity index (χ1) is 11.3. The number of rotatable bonds is 4. The van der Waals surface area contributed by atoms with Crippen LogP contribution in [0.15, 0.2) is 36.4 Å². The van der Waals surface area contributed by atoms with E-state index in [0.717, 1.165) is 6.07 Å². The number of hydrogen-bond donors (Lipinski definition) is 2. The molecule has 0 bridgehead atoms. The molecule has 8 heteroatoms. The number of benzene rings is 2. The Labute approximate surface area is 135 Å². The average Bonchev–Trinajstić information content (AvgIpc) is 2.55. The van der Waals surface area contributed by atoms with Crippen molar-refractivity contribution < 1.29 is 27.5 Å². The number of halogens is 3. The van der Waals surface area contributed by atoms with Crippen LogP contribution in [0.5, 0.6) is 0 Å². The van der Waals surface area contributed by atoms with E-state index < -0.39 is 41.1 Å². The van der Waals surface area contributed by atoms with Crippen molar-refractivity contribution in [3.05, 3.63) is 59.4 Å². The van der Waals surface area contributed by atoms with Gasteiger partial charge in [0.2, 0.25) is 0 Å². The van der Waals surface area contributed by atoms with Crippen molar-refractivity contribution in [2.75, 3.05) is 11.1 Å². The summed E-state index contributed by atoms with van der Waals surface area (Å²) in [5.41, 5.74) is 5.55. The van der Waals surface area contributed by atoms with E-state index in [0.29, 0.717) is 11.8 Å². The predicted octanol–water partition coefficient (Wildman–Crippen LogP) is 2.87. The summed E-state index contributed by atoms with van der Waals surface area (Å²) in [4.78, 5) is 23.8. The molecule has 0 saturated heterocycles. The highest BCUT2D eigenvalue weighted by Gasteiger charge is 2.21. The molecule has 0 fully saturated rings. The SMILES string of the molecule is C[C@@H](OC(=O)c1ccc(N)cc1)C(=O)Nc1ccc(F)c(F)c1F. The molecule has 0 radical (unpaired) electrons. The number of carbonyl (C=O) groups is 2. The quantitative estimate of drug-likeness (QED) is 0.510. The van der Waals surface area contributed by atoms with Crippen molar-refractivity contribution in [1.82, 2.24) is 0 Å². The van der Waals surface area contributed by atoms with E-state index in [1.165, 1.54) is 31.2 Å². The lowest BCUT2D eigenvalue weighted by atomic mass is 10.2. The first-order valence-corrected chi connectivity index (χ1v) is 6.80. The summed E-state index contributed by atoms with van der Waals surface area (Å²) in [6.07, 6.45) is -1.29. The highest BCUT2D eigenvalue weighted by atomic mass is 19.2. The molecule has 0 spiro atoms. The second-order valence-corrected chi connectivity index (χ2v) is 4.88. The summed E-state index contributed by atoms with van der Waals surface area (Å²) >= 11 is 0. The first kappa shape index (κ1) is 17.3. The number of carbonyl (C=O) groups excluding carboxylic acids is 2. The van der Waals surface area contributed by atoms with E-state index in [-0.39, 0.29) is 5.56 Å². The summed E-state index contributed by atoms with van der Waals surface area (Å²) in [5, 5.41) is 2.03. The van der Waals surface area contributed by atoms with Crippen LogP contribution >= 0.6 is 0 Å². The number of anilines is 2. The van der Waals surface area contributed by atoms with E-state index in [9.17, 15) is 22.8 Å². The summed E-state index contributed by atoms with van der Waals surface area (Å²) in [6, 6.07) is 7.32. The Morgan fingerprint density at radius 1 is 1.04 bits per heavy atom. The third-order valence-corrected chi connectivity index (χ3v) is 3.09. The van der Waals surface area contributed by atoms with Gasteiger partial charge in [-0.15, -0.1) is 0 Å². The molecule has 0 aromatic heterocycles. The monoisotopic (exact) mass is 338 g/mol. The number of nitrogens with two attached hydrogens (primary N) is 1. The van der Waals surface area contributed by atoms with E-state index >= 15 is 0 Å². The van der Waals surface area contributed by atoms with Crippen molar-refractivity contribution in [3.63, 3.8) is 0 Å². The maximum absolute atomic E-state index is 13.5. The zero-order chi connectivity index (χ0) is 17.9. The normalized spacial score (nSPS) is 11.7. The van der Waals surface area contributed by atoms with Crippen LogP contribution in [0, 0.1) is 17.5 Å². The Kier molecular flexibility index (Phi) is 5.08. The smallest absolute Gasteiger partial charge is 0.338 e. The maximum atomic E-state index is 13.5. The molecule has 1 amide bonds. The molecule has 0 aliphatic rings. The van der Waals surface area contributed by atoms with Crippen LogP contribution < -0.4 is 11.1 Å². The lowest BCUT2D eigenvalue weighted by Gasteiger charge is -2.14. The molecule has 0 aliphatic heterocycles. The average molecular weight is 338 g/mol. The molecule has 2 aromatic rings. The first-order valence-electron chi connectivity index (χ1n) is 6.80. The van der Waals surface area contributed by atoms with Crippen LogP contribution in [0.25, 0.3) is 0 Å². The number of esters is 1. The number of nitrogens with one attached hydrogen (secondary N) is 1. The van der Waals surface area contributed by atoms with Crippen molar-refractivity contribution in [3.8, 4) is 0 Å². The van der Waals surface area contributed by atoms with Gasteiger partial charge in [0.05, 0.1) is 11.3 Å². The Balaban J connectivity index is 2.03. The Bertz CT molecular complexity index is 779. The van der Waals surface area contributed by atoms with Crippen molar-refractivity contribution >= 4 is 23.3 Å². The van der Waals surface area contributed by atoms with Gasteiger partial charge in [-0.3, -0.25) is 4.79 Å². The van der Waals surface area contributed by atoms with Gasteiger partial charge in [0.15, 0.2) is 23.6 Å². The molecule has 126 valence electrons. The van der Waals surface area contributed by atoms with Crippen LogP contribution in [0.3, 0.4) is 0 Å². The molecule has 2 aromatic carbocycles. The minimum absolute atomic E-state index is 0.169. The van der Waals surface area contributed by atoms with Gasteiger partial charge < -0.3 is 15.8 Å². The molecule has 24 heavy (non-hydrogen) atoms. The summed E-state index contributed by atoms with van der Waals surface area (Å²) < 4.78 is 44.4. The third kappa shape index (κ3) is 3.83. The molecular weight excluding hydrogens is 325 g/mol. The highest BCUT2D eigenvalue weighted by Crippen LogP contribution is 2.20. The number of nitrogen functional groups attached to an aromatic ring is 1. The van der Waals surface area contributed by atoms with Gasteiger partial charge in [0.1, 0.15) is 0 Å². The van der Waals surface area contributed by atoms with Crippen LogP contribution in [0.4, 0.5) is 24.5 Å². The Morgan fingerprint density at radius 2 is 1.67 bits per heavy atom. The van der Waals surface area contributed by atoms with Gasteiger partial charge >= 0.3 is 5.97 Å². The van der Waals surface area contributed by atoms with Crippen molar-refractivity contribution in [2.45, 2.75) is 13.0 Å². The van der Waals surface area contributed by atoms with Crippen LogP contribution in [-0.2, 0) is 9.53 Å². The van der Waals surface area contributed by atoms with Gasteiger partial charge in [0, 0.05) is 5.69 Å². The Morgan fingerprint density at radius 3 is 2.29 bits per heavy atom. The number of amides is 1. The maximum Gasteiger partial charge on any atom is 0.338 e. The van der Waals surface area contributed by atoms with Gasteiger partial charge in [-0.25, -0.2) is 18.0 Å². The number of hydrogen-bond acceptors (Lipinski definition) is 4. The molecule has 0 unspecified atom stereocenters. The summed E-state index contributed by atoms with van der Waals surface area (Å²) in [6.45, 7) is 1.25. The van der Waals surface area contributed by atoms with Gasteiger partial charge in [-0.1, -0.05) is 0 Å². The molecule has 0 heterocycles. The summed E-state index contributed by atoms with van der Waals surface area (Å²) in [7, 11) is 0. The Hall–Kier alpha value is -3.03. The topological polar surface area (TPSA) is 81.4 Å². The zero-order valence-corrected chi connectivity index (χ0v) is 12.5. The lowest BCUT2D eigenvalue weighted by molar-refractivity contribution is -0.123. The van der Waals surface area contributed by atoms with E-state index in [2.05, 4.69) is 0 Å². The fourth-order valence-corrected chi connectivity index (χ4v) is 1.76. The molecule has 3 N–H and O–H groups in total. The second-order valence-electron chi connectivity index (χ2n) is 4.88. The fourth-order valence-electron chi connectivity index (χ4n) is 1.76. The minimum Gasteiger partial charge on any atom is -0.449 e. The van der Waals surface area contributed by atoms with Gasteiger partial charge in [0.25, 0.3) is 5.91 Å². The van der Waals surface area contributed by atoms with E-state index in [1.807, 2.05) is 5.32 Å². The molecular formula is C16H13F3N2O3. The molecule has 5 nitrogen and oxygen atoms in total. The third-order valence-electron chi connectivity index (χ3n) is 3.09. The minimum atomic E-state index is -1.71. The molecule has 0 aliphatic carbocycles. The molecule has 1 atom stereocenters. The van der Waals surface area contributed by atoms with Crippen molar-refractivity contribution in [2.24, 2.45) is 0 Å². The van der Waals surface area contributed by atoms with Crippen molar-refractivity contribution in [1.29, 1.82) is 0 Å². The van der Waals surface area contributed by atoms with Crippen LogP contribution in [0.1, 0.15) is 17.3 Å².